The molecule has 0 spiro atoms. The molecule has 0 rings (SSSR count). The molecule has 0 saturated carbocycles. The van der Waals surface area contributed by atoms with Gasteiger partial charge in [-0.15, -0.1) is 0 Å². The Hall–Kier alpha value is -0.720. The van der Waals surface area contributed by atoms with Gasteiger partial charge in [-0.25, -0.2) is 0 Å². The molecule has 33 heavy (non-hydrogen) atoms. The normalized spacial score (nSPS) is 11.0. The molecule has 0 atom stereocenters. The second-order valence-corrected chi connectivity index (χ2v) is 9.62. The maximum absolute atomic E-state index is 5.81. The molecule has 0 amide bonds. The van der Waals surface area contributed by atoms with Crippen LogP contribution in [0.5, 0.6) is 0 Å². The number of hydrogen-bond acceptors (Lipinski definition) is 3. The van der Waals surface area contributed by atoms with E-state index in [4.69, 9.17) is 20.6 Å². The molecule has 0 N–H and O–H groups in total. The average Bonchev–Trinajstić information content (AvgIpc) is 2.83. The first-order chi connectivity index (χ1) is 16.4. The summed E-state index contributed by atoms with van der Waals surface area (Å²) < 4.78 is 16.1. The monoisotopic (exact) mass is 466 g/mol. The Kier molecular flexibility index (Phi) is 30.6. The molecule has 0 aliphatic heterocycles. The lowest BCUT2D eigenvalue weighted by Gasteiger charge is -2.06. The Morgan fingerprint density at radius 1 is 0.394 bits per heavy atom. The molecular formula is C30H58O3. The van der Waals surface area contributed by atoms with Gasteiger partial charge < -0.3 is 14.2 Å². The van der Waals surface area contributed by atoms with Crippen LogP contribution in [0.1, 0.15) is 148 Å². The lowest BCUT2D eigenvalue weighted by atomic mass is 10.0. The van der Waals surface area contributed by atoms with Crippen LogP contribution in [0.2, 0.25) is 0 Å². The zero-order valence-corrected chi connectivity index (χ0v) is 22.4. The minimum absolute atomic E-state index is 0.500. The van der Waals surface area contributed by atoms with E-state index in [1.165, 1.54) is 135 Å². The Bertz CT molecular complexity index is 377. The Labute approximate surface area is 208 Å². The fourth-order valence-corrected chi connectivity index (χ4v) is 4.23. The Morgan fingerprint density at radius 2 is 0.697 bits per heavy atom. The van der Waals surface area contributed by atoms with Crippen molar-refractivity contribution in [1.29, 1.82) is 0 Å². The largest absolute Gasteiger partial charge is 0.444 e. The van der Waals surface area contributed by atoms with E-state index in [1.807, 2.05) is 0 Å². The zero-order chi connectivity index (χ0) is 23.9. The number of unbranched alkanes of at least 4 members (excludes halogenated alkanes) is 20. The Morgan fingerprint density at radius 3 is 1.03 bits per heavy atom. The number of rotatable bonds is 29. The highest BCUT2D eigenvalue weighted by molar-refractivity contribution is 4.67. The van der Waals surface area contributed by atoms with Crippen LogP contribution in [0, 0.1) is 12.5 Å². The van der Waals surface area contributed by atoms with E-state index in [0.29, 0.717) is 13.2 Å². The summed E-state index contributed by atoms with van der Waals surface area (Å²) >= 11 is 0. The summed E-state index contributed by atoms with van der Waals surface area (Å²) in [4.78, 5) is 0. The van der Waals surface area contributed by atoms with Gasteiger partial charge in [0.25, 0.3) is 0 Å². The SMILES string of the molecule is C#COCCOCCCCCCCCCCOCCCCCCCCCCCCCCCC. The van der Waals surface area contributed by atoms with Crippen LogP contribution >= 0.6 is 0 Å². The van der Waals surface area contributed by atoms with Crippen molar-refractivity contribution in [1.82, 2.24) is 0 Å². The van der Waals surface area contributed by atoms with Gasteiger partial charge >= 0.3 is 0 Å². The van der Waals surface area contributed by atoms with Crippen molar-refractivity contribution < 1.29 is 14.2 Å². The lowest BCUT2D eigenvalue weighted by Crippen LogP contribution is -2.02. The summed E-state index contributed by atoms with van der Waals surface area (Å²) in [6.07, 6.45) is 37.3. The van der Waals surface area contributed by atoms with Crippen molar-refractivity contribution in [2.75, 3.05) is 33.0 Å². The van der Waals surface area contributed by atoms with Crippen molar-refractivity contribution in [3.63, 3.8) is 0 Å². The van der Waals surface area contributed by atoms with Crippen LogP contribution in [0.4, 0.5) is 0 Å². The van der Waals surface area contributed by atoms with Crippen LogP contribution in [-0.2, 0) is 14.2 Å². The predicted molar refractivity (Wildman–Crippen MR) is 144 cm³/mol. The molecule has 0 bridgehead atoms. The maximum atomic E-state index is 5.81. The van der Waals surface area contributed by atoms with E-state index in [2.05, 4.69) is 13.0 Å². The highest BCUT2D eigenvalue weighted by Crippen LogP contribution is 2.13. The second-order valence-electron chi connectivity index (χ2n) is 9.62. The standard InChI is InChI=1S/C30H58O3/c1-3-5-6-7-8-9-10-11-12-13-14-17-20-23-26-32-27-24-21-18-15-16-19-22-25-28-33-30-29-31-4-2/h2H,3,5-30H2,1H3. The smallest absolute Gasteiger partial charge is 0.123 e. The predicted octanol–water partition coefficient (Wildman–Crippen LogP) is 9.23. The van der Waals surface area contributed by atoms with Gasteiger partial charge in [-0.2, -0.15) is 0 Å². The van der Waals surface area contributed by atoms with Gasteiger partial charge in [-0.3, -0.25) is 0 Å². The minimum atomic E-state index is 0.500. The highest BCUT2D eigenvalue weighted by Gasteiger charge is 1.96. The molecule has 0 saturated heterocycles. The third-order valence-electron chi connectivity index (χ3n) is 6.38. The van der Waals surface area contributed by atoms with Gasteiger partial charge in [0.15, 0.2) is 0 Å². The van der Waals surface area contributed by atoms with E-state index >= 15 is 0 Å². The third-order valence-corrected chi connectivity index (χ3v) is 6.38. The summed E-state index contributed by atoms with van der Waals surface area (Å²) in [5.74, 6) is 0. The molecule has 0 fully saturated rings. The quantitative estimate of drug-likeness (QED) is 0.0812. The number of hydrogen-bond donors (Lipinski definition) is 0. The zero-order valence-electron chi connectivity index (χ0n) is 22.4. The minimum Gasteiger partial charge on any atom is -0.444 e. The van der Waals surface area contributed by atoms with Gasteiger partial charge in [0.2, 0.25) is 0 Å². The molecule has 0 aliphatic carbocycles. The maximum Gasteiger partial charge on any atom is 0.123 e. The molecule has 0 aromatic heterocycles. The lowest BCUT2D eigenvalue weighted by molar-refractivity contribution is 0.0883. The first-order valence-corrected chi connectivity index (χ1v) is 14.6. The molecule has 0 heterocycles. The Balaban J connectivity index is 3.00. The third kappa shape index (κ3) is 31.3. The molecule has 3 heteroatoms. The van der Waals surface area contributed by atoms with E-state index < -0.39 is 0 Å². The van der Waals surface area contributed by atoms with Crippen molar-refractivity contribution in [2.24, 2.45) is 0 Å². The second kappa shape index (κ2) is 31.3. The fraction of sp³-hybridized carbons (Fsp3) is 0.933. The van der Waals surface area contributed by atoms with Gasteiger partial charge in [0, 0.05) is 19.8 Å². The molecule has 0 aromatic carbocycles. The molecule has 0 unspecified atom stereocenters. The topological polar surface area (TPSA) is 27.7 Å². The van der Waals surface area contributed by atoms with E-state index in [-0.39, 0.29) is 0 Å². The first kappa shape index (κ1) is 32.3. The van der Waals surface area contributed by atoms with E-state index in [0.717, 1.165) is 26.2 Å². The van der Waals surface area contributed by atoms with Crippen LogP contribution < -0.4 is 0 Å². The molecule has 0 aliphatic rings. The summed E-state index contributed by atoms with van der Waals surface area (Å²) in [6, 6.07) is 0. The average molecular weight is 467 g/mol. The van der Waals surface area contributed by atoms with Gasteiger partial charge in [-0.1, -0.05) is 135 Å². The highest BCUT2D eigenvalue weighted by atomic mass is 16.5. The number of terminal acetylenes is 1. The van der Waals surface area contributed by atoms with Crippen molar-refractivity contribution >= 4 is 0 Å². The summed E-state index contributed by atoms with van der Waals surface area (Å²) in [6.45, 7) is 6.14. The van der Waals surface area contributed by atoms with E-state index in [1.54, 1.807) is 0 Å². The van der Waals surface area contributed by atoms with Crippen LogP contribution in [0.25, 0.3) is 0 Å². The molecule has 3 nitrogen and oxygen atoms in total. The first-order valence-electron chi connectivity index (χ1n) is 14.6. The van der Waals surface area contributed by atoms with Crippen LogP contribution in [0.15, 0.2) is 0 Å². The van der Waals surface area contributed by atoms with Crippen molar-refractivity contribution in [2.45, 2.75) is 148 Å². The van der Waals surface area contributed by atoms with Crippen molar-refractivity contribution in [3.8, 4) is 12.5 Å². The van der Waals surface area contributed by atoms with Crippen LogP contribution in [-0.4, -0.2) is 33.0 Å². The van der Waals surface area contributed by atoms with Crippen LogP contribution in [0.3, 0.4) is 0 Å². The van der Waals surface area contributed by atoms with Gasteiger partial charge in [0.05, 0.1) is 6.61 Å². The summed E-state index contributed by atoms with van der Waals surface area (Å²) in [7, 11) is 0. The molecular weight excluding hydrogens is 408 g/mol. The summed E-state index contributed by atoms with van der Waals surface area (Å²) in [5, 5.41) is 0. The summed E-state index contributed by atoms with van der Waals surface area (Å²) in [5.41, 5.74) is 0. The van der Waals surface area contributed by atoms with Gasteiger partial charge in [0.1, 0.15) is 12.7 Å². The number of ether oxygens (including phenoxy) is 3. The van der Waals surface area contributed by atoms with Gasteiger partial charge in [-0.05, 0) is 19.3 Å². The molecule has 196 valence electrons. The molecule has 0 aromatic rings. The molecule has 0 radical (unpaired) electrons. The fourth-order valence-electron chi connectivity index (χ4n) is 4.23. The van der Waals surface area contributed by atoms with Crippen molar-refractivity contribution in [3.05, 3.63) is 0 Å². The van der Waals surface area contributed by atoms with E-state index in [9.17, 15) is 0 Å².